The summed E-state index contributed by atoms with van der Waals surface area (Å²) >= 11 is 1.55. The Hall–Kier alpha value is -3.82. The predicted octanol–water partition coefficient (Wildman–Crippen LogP) is 5.61. The molecule has 0 bridgehead atoms. The van der Waals surface area contributed by atoms with E-state index in [2.05, 4.69) is 65.9 Å². The van der Waals surface area contributed by atoms with E-state index in [9.17, 15) is 19.5 Å². The van der Waals surface area contributed by atoms with Gasteiger partial charge in [0.2, 0.25) is 11.8 Å². The van der Waals surface area contributed by atoms with Gasteiger partial charge in [0.05, 0.1) is 6.54 Å². The highest BCUT2D eigenvalue weighted by molar-refractivity contribution is 7.98. The summed E-state index contributed by atoms with van der Waals surface area (Å²) in [6.07, 6.45) is 4.07. The van der Waals surface area contributed by atoms with Gasteiger partial charge >= 0.3 is 5.97 Å². The maximum absolute atomic E-state index is 13.2. The number of aromatic nitrogens is 1. The summed E-state index contributed by atoms with van der Waals surface area (Å²) < 4.78 is 0. The van der Waals surface area contributed by atoms with E-state index in [0.717, 1.165) is 39.4 Å². The summed E-state index contributed by atoms with van der Waals surface area (Å²) in [7, 11) is 0. The molecule has 8 nitrogen and oxygen atoms in total. The number of benzene rings is 3. The number of carbonyl (C=O) groups excluding carboxylic acids is 2. The number of thioether (sulfide) groups is 1. The Morgan fingerprint density at radius 3 is 2.41 bits per heavy atom. The van der Waals surface area contributed by atoms with E-state index in [1.165, 1.54) is 0 Å². The molecule has 0 unspecified atom stereocenters. The molecule has 0 aliphatic rings. The number of carboxylic acids is 1. The molecular formula is C35H44N4O4S. The zero-order chi connectivity index (χ0) is 31.5. The van der Waals surface area contributed by atoms with Crippen LogP contribution in [0.4, 0.5) is 0 Å². The third kappa shape index (κ3) is 9.34. The average Bonchev–Trinajstić information content (AvgIpc) is 3.44. The Balaban J connectivity index is 1.49. The molecule has 1 aromatic heterocycles. The van der Waals surface area contributed by atoms with Gasteiger partial charge in [-0.1, -0.05) is 80.9 Å². The minimum Gasteiger partial charge on any atom is -0.480 e. The molecular weight excluding hydrogens is 572 g/mol. The summed E-state index contributed by atoms with van der Waals surface area (Å²) in [4.78, 5) is 43.7. The number of aliphatic carboxylic acids is 1. The SMILES string of the molecule is CC[C@H](C)[C@@H](CN(CC(=O)N[C@@H](CCSC)C(=O)O)Cc1cccc2ccccc12)NC(=O)CCc1cc2ccccc2[nH]1. The van der Waals surface area contributed by atoms with Crippen LogP contribution in [0, 0.1) is 5.92 Å². The summed E-state index contributed by atoms with van der Waals surface area (Å²) in [5.74, 6) is -0.609. The van der Waals surface area contributed by atoms with Crippen molar-refractivity contribution in [3.8, 4) is 0 Å². The first-order chi connectivity index (χ1) is 21.3. The zero-order valence-corrected chi connectivity index (χ0v) is 26.7. The molecule has 234 valence electrons. The highest BCUT2D eigenvalue weighted by Gasteiger charge is 2.25. The van der Waals surface area contributed by atoms with Crippen LogP contribution in [0.3, 0.4) is 0 Å². The molecule has 3 aromatic carbocycles. The minimum atomic E-state index is -1.03. The van der Waals surface area contributed by atoms with Crippen molar-refractivity contribution >= 4 is 51.2 Å². The molecule has 44 heavy (non-hydrogen) atoms. The van der Waals surface area contributed by atoms with E-state index >= 15 is 0 Å². The number of para-hydroxylation sites is 1. The number of nitrogens with one attached hydrogen (secondary N) is 3. The van der Waals surface area contributed by atoms with Crippen LogP contribution >= 0.6 is 11.8 Å². The third-order valence-electron chi connectivity index (χ3n) is 8.22. The number of hydrogen-bond acceptors (Lipinski definition) is 5. The number of carboxylic acid groups (broad SMARTS) is 1. The molecule has 9 heteroatoms. The highest BCUT2D eigenvalue weighted by atomic mass is 32.2. The van der Waals surface area contributed by atoms with Crippen LogP contribution in [0.2, 0.25) is 0 Å². The lowest BCUT2D eigenvalue weighted by Crippen LogP contribution is -2.51. The van der Waals surface area contributed by atoms with Gasteiger partial charge in [-0.25, -0.2) is 4.79 Å². The van der Waals surface area contributed by atoms with Crippen molar-refractivity contribution in [3.63, 3.8) is 0 Å². The molecule has 0 aliphatic carbocycles. The average molecular weight is 617 g/mol. The van der Waals surface area contributed by atoms with Crippen molar-refractivity contribution in [2.75, 3.05) is 25.1 Å². The van der Waals surface area contributed by atoms with Gasteiger partial charge in [-0.2, -0.15) is 11.8 Å². The lowest BCUT2D eigenvalue weighted by atomic mass is 9.97. The monoisotopic (exact) mass is 616 g/mol. The van der Waals surface area contributed by atoms with Crippen molar-refractivity contribution in [1.82, 2.24) is 20.5 Å². The van der Waals surface area contributed by atoms with Gasteiger partial charge in [0.25, 0.3) is 0 Å². The molecule has 1 heterocycles. The van der Waals surface area contributed by atoms with Gasteiger partial charge in [0, 0.05) is 36.8 Å². The van der Waals surface area contributed by atoms with Crippen molar-refractivity contribution in [2.24, 2.45) is 5.92 Å². The van der Waals surface area contributed by atoms with Crippen molar-refractivity contribution in [1.29, 1.82) is 0 Å². The van der Waals surface area contributed by atoms with Gasteiger partial charge in [0.15, 0.2) is 0 Å². The maximum Gasteiger partial charge on any atom is 0.326 e. The van der Waals surface area contributed by atoms with Crippen molar-refractivity contribution in [3.05, 3.63) is 84.1 Å². The number of nitrogens with zero attached hydrogens (tertiary/aromatic N) is 1. The van der Waals surface area contributed by atoms with Gasteiger partial charge in [0.1, 0.15) is 6.04 Å². The van der Waals surface area contributed by atoms with Crippen LogP contribution in [-0.2, 0) is 27.3 Å². The molecule has 0 aliphatic heterocycles. The van der Waals surface area contributed by atoms with E-state index in [0.29, 0.717) is 38.1 Å². The summed E-state index contributed by atoms with van der Waals surface area (Å²) in [5, 5.41) is 19.0. The second kappa shape index (κ2) is 16.3. The molecule has 0 radical (unpaired) electrons. The van der Waals surface area contributed by atoms with E-state index in [1.807, 2.05) is 47.6 Å². The standard InChI is InChI=1S/C35H44N4O4S/c1-4-24(2)32(38-33(40)17-16-28-20-26-11-6-8-15-30(26)36-28)22-39(23-34(41)37-31(35(42)43)18-19-44-3)21-27-13-9-12-25-10-5-7-14-29(25)27/h5-15,20,24,31-32,36H,4,16-19,21-23H2,1-3H3,(H,37,41)(H,38,40)(H,42,43)/t24-,31-,32+/m0/s1. The molecule has 2 amide bonds. The topological polar surface area (TPSA) is 115 Å². The Bertz CT molecular complexity index is 1520. The van der Waals surface area contributed by atoms with E-state index in [-0.39, 0.29) is 30.3 Å². The van der Waals surface area contributed by atoms with Gasteiger partial charge < -0.3 is 20.7 Å². The number of hydrogen-bond donors (Lipinski definition) is 4. The molecule has 4 N–H and O–H groups in total. The van der Waals surface area contributed by atoms with Gasteiger partial charge in [-0.15, -0.1) is 0 Å². The van der Waals surface area contributed by atoms with Gasteiger partial charge in [-0.05, 0) is 64.6 Å². The lowest BCUT2D eigenvalue weighted by molar-refractivity contribution is -0.142. The minimum absolute atomic E-state index is 0.0180. The number of aryl methyl sites for hydroxylation is 1. The normalized spacial score (nSPS) is 13.5. The molecule has 3 atom stereocenters. The number of fused-ring (bicyclic) bond motifs is 2. The Labute approximate surface area is 264 Å². The first-order valence-corrected chi connectivity index (χ1v) is 16.7. The first kappa shape index (κ1) is 33.1. The van der Waals surface area contributed by atoms with E-state index in [1.54, 1.807) is 11.8 Å². The maximum atomic E-state index is 13.2. The Morgan fingerprint density at radius 1 is 0.955 bits per heavy atom. The molecule has 4 aromatic rings. The summed E-state index contributed by atoms with van der Waals surface area (Å²) in [6.45, 7) is 5.16. The fourth-order valence-electron chi connectivity index (χ4n) is 5.52. The molecule has 0 saturated heterocycles. The Morgan fingerprint density at radius 2 is 1.68 bits per heavy atom. The van der Waals surface area contributed by atoms with Crippen LogP contribution in [0.15, 0.2) is 72.8 Å². The van der Waals surface area contributed by atoms with Crippen LogP contribution < -0.4 is 10.6 Å². The largest absolute Gasteiger partial charge is 0.480 e. The smallest absolute Gasteiger partial charge is 0.326 e. The van der Waals surface area contributed by atoms with Gasteiger partial charge in [-0.3, -0.25) is 14.5 Å². The van der Waals surface area contributed by atoms with Crippen LogP contribution in [0.1, 0.15) is 44.4 Å². The molecule has 4 rings (SSSR count). The molecule has 0 saturated carbocycles. The first-order valence-electron chi connectivity index (χ1n) is 15.3. The fourth-order valence-corrected chi connectivity index (χ4v) is 5.99. The molecule has 0 spiro atoms. The summed E-state index contributed by atoms with van der Waals surface area (Å²) in [5.41, 5.74) is 3.15. The van der Waals surface area contributed by atoms with Crippen LogP contribution in [0.5, 0.6) is 0 Å². The van der Waals surface area contributed by atoms with Crippen LogP contribution in [-0.4, -0.2) is 70.0 Å². The number of H-pyrrole nitrogens is 1. The Kier molecular flexibility index (Phi) is 12.3. The highest BCUT2D eigenvalue weighted by Crippen LogP contribution is 2.21. The lowest BCUT2D eigenvalue weighted by Gasteiger charge is -2.31. The predicted molar refractivity (Wildman–Crippen MR) is 180 cm³/mol. The van der Waals surface area contributed by atoms with E-state index < -0.39 is 12.0 Å². The van der Waals surface area contributed by atoms with Crippen molar-refractivity contribution < 1.29 is 19.5 Å². The quantitative estimate of drug-likeness (QED) is 0.123. The second-order valence-electron chi connectivity index (χ2n) is 11.5. The van der Waals surface area contributed by atoms with Crippen molar-refractivity contribution in [2.45, 2.75) is 58.2 Å². The number of aromatic amines is 1. The second-order valence-corrected chi connectivity index (χ2v) is 12.5. The van der Waals surface area contributed by atoms with E-state index in [4.69, 9.17) is 0 Å². The van der Waals surface area contributed by atoms with Crippen LogP contribution in [0.25, 0.3) is 21.7 Å². The summed E-state index contributed by atoms with van der Waals surface area (Å²) in [6, 6.07) is 23.3. The number of amides is 2. The number of rotatable bonds is 17. The fraction of sp³-hybridized carbons (Fsp3) is 0.400. The number of carbonyl (C=O) groups is 3. The molecule has 0 fully saturated rings. The third-order valence-corrected chi connectivity index (χ3v) is 8.87. The zero-order valence-electron chi connectivity index (χ0n) is 25.8.